The molecule has 2 heteroatoms. The maximum Gasteiger partial charge on any atom is 0.0541 e. The standard InChI is InChI=1S/C73H62N2/c1-73(2)68-24-14-13-23-63(68)64-41-40-62(48-69(64)73)74(70-42-33-57(49-15-5-3-6-16-49)45-65(70)56-21-7-4-8-22-56)60-36-29-54(30-37-60)52-25-27-53(28-26-52)55-31-38-61(39-32-55)75-71-43-34-58(50-17-9-10-18-50)46-66(71)67-47-59(35-44-72(67)75)51-19-11-12-20-51/h3-8,13-16,21-48,50-51H,9-12,17-20H2,1-2H3. The largest absolute Gasteiger partial charge is 0.310 e. The van der Waals surface area contributed by atoms with Gasteiger partial charge in [-0.3, -0.25) is 0 Å². The van der Waals surface area contributed by atoms with Crippen molar-refractivity contribution in [2.75, 3.05) is 4.90 Å². The van der Waals surface area contributed by atoms with Gasteiger partial charge in [0.05, 0.1) is 16.7 Å². The van der Waals surface area contributed by atoms with Crippen LogP contribution in [-0.2, 0) is 5.41 Å². The van der Waals surface area contributed by atoms with E-state index in [9.17, 15) is 0 Å². The van der Waals surface area contributed by atoms with E-state index in [4.69, 9.17) is 0 Å². The lowest BCUT2D eigenvalue weighted by Crippen LogP contribution is -2.17. The molecule has 3 aliphatic rings. The van der Waals surface area contributed by atoms with Crippen molar-refractivity contribution in [1.82, 2.24) is 4.57 Å². The monoisotopic (exact) mass is 966 g/mol. The molecule has 75 heavy (non-hydrogen) atoms. The molecule has 0 saturated heterocycles. The maximum atomic E-state index is 2.54. The topological polar surface area (TPSA) is 8.17 Å². The summed E-state index contributed by atoms with van der Waals surface area (Å²) >= 11 is 0. The number of rotatable bonds is 10. The molecule has 0 aliphatic heterocycles. The van der Waals surface area contributed by atoms with Gasteiger partial charge in [-0.2, -0.15) is 0 Å². The fraction of sp³-hybridized carbons (Fsp3) is 0.178. The number of fused-ring (bicyclic) bond motifs is 6. The van der Waals surface area contributed by atoms with Gasteiger partial charge in [-0.25, -0.2) is 0 Å². The minimum absolute atomic E-state index is 0.130. The van der Waals surface area contributed by atoms with Crippen LogP contribution in [0.1, 0.15) is 99.3 Å². The molecule has 14 rings (SSSR count). The van der Waals surface area contributed by atoms with Gasteiger partial charge < -0.3 is 9.47 Å². The van der Waals surface area contributed by atoms with Crippen molar-refractivity contribution in [1.29, 1.82) is 0 Å². The first-order valence-electron chi connectivity index (χ1n) is 27.6. The molecule has 0 radical (unpaired) electrons. The van der Waals surface area contributed by atoms with E-state index >= 15 is 0 Å². The molecule has 2 nitrogen and oxygen atoms in total. The van der Waals surface area contributed by atoms with Crippen molar-refractivity contribution >= 4 is 38.9 Å². The van der Waals surface area contributed by atoms with Crippen LogP contribution in [-0.4, -0.2) is 4.57 Å². The lowest BCUT2D eigenvalue weighted by molar-refractivity contribution is 0.660. The molecule has 3 aliphatic carbocycles. The molecule has 0 amide bonds. The molecule has 11 aromatic rings. The highest BCUT2D eigenvalue weighted by Crippen LogP contribution is 2.52. The lowest BCUT2D eigenvalue weighted by atomic mass is 9.82. The Morgan fingerprint density at radius 3 is 1.41 bits per heavy atom. The Balaban J connectivity index is 0.796. The first-order chi connectivity index (χ1) is 36.9. The van der Waals surface area contributed by atoms with E-state index in [1.165, 1.54) is 157 Å². The summed E-state index contributed by atoms with van der Waals surface area (Å²) in [4.78, 5) is 2.47. The van der Waals surface area contributed by atoms with Crippen molar-refractivity contribution in [3.63, 3.8) is 0 Å². The number of aromatic nitrogens is 1. The van der Waals surface area contributed by atoms with Crippen LogP contribution in [0.25, 0.3) is 83.1 Å². The Morgan fingerprint density at radius 1 is 0.360 bits per heavy atom. The van der Waals surface area contributed by atoms with Gasteiger partial charge in [-0.1, -0.05) is 197 Å². The summed E-state index contributed by atoms with van der Waals surface area (Å²) in [7, 11) is 0. The third kappa shape index (κ3) is 8.02. The molecule has 1 aromatic heterocycles. The maximum absolute atomic E-state index is 2.54. The zero-order valence-electron chi connectivity index (χ0n) is 43.1. The summed E-state index contributed by atoms with van der Waals surface area (Å²) < 4.78 is 2.51. The quantitative estimate of drug-likeness (QED) is 0.133. The molecule has 0 atom stereocenters. The molecule has 2 fully saturated rings. The second-order valence-corrected chi connectivity index (χ2v) is 22.2. The third-order valence-electron chi connectivity index (χ3n) is 17.5. The van der Waals surface area contributed by atoms with E-state index in [-0.39, 0.29) is 5.41 Å². The molecular formula is C73H62N2. The third-order valence-corrected chi connectivity index (χ3v) is 17.5. The van der Waals surface area contributed by atoms with Crippen LogP contribution in [0.4, 0.5) is 17.1 Å². The van der Waals surface area contributed by atoms with E-state index in [1.807, 2.05) is 0 Å². The number of hydrogen-bond acceptors (Lipinski definition) is 1. The van der Waals surface area contributed by atoms with Gasteiger partial charge in [-0.05, 0) is 183 Å². The van der Waals surface area contributed by atoms with E-state index in [0.717, 1.165) is 17.1 Å². The molecule has 0 bridgehead atoms. The highest BCUT2D eigenvalue weighted by molar-refractivity contribution is 6.10. The summed E-state index contributed by atoms with van der Waals surface area (Å²) in [5.41, 5.74) is 25.1. The van der Waals surface area contributed by atoms with Crippen LogP contribution in [0.2, 0.25) is 0 Å². The Morgan fingerprint density at radius 2 is 0.827 bits per heavy atom. The van der Waals surface area contributed by atoms with E-state index in [2.05, 4.69) is 254 Å². The van der Waals surface area contributed by atoms with Gasteiger partial charge >= 0.3 is 0 Å². The molecule has 2 saturated carbocycles. The van der Waals surface area contributed by atoms with Gasteiger partial charge in [0.2, 0.25) is 0 Å². The SMILES string of the molecule is CC1(C)c2ccccc2-c2ccc(N(c3ccc(-c4ccc(-c5ccc(-n6c7ccc(C8CCCC8)cc7c7cc(C8CCCC8)ccc76)cc5)cc4)cc3)c3ccc(-c4ccccc4)cc3-c3ccccc3)cc21. The number of benzene rings is 10. The van der Waals surface area contributed by atoms with E-state index in [0.29, 0.717) is 11.8 Å². The average Bonchev–Trinajstić information content (AvgIpc) is 4.33. The minimum Gasteiger partial charge on any atom is -0.310 e. The molecule has 0 unspecified atom stereocenters. The molecule has 364 valence electrons. The van der Waals surface area contributed by atoms with E-state index in [1.54, 1.807) is 0 Å². The summed E-state index contributed by atoms with van der Waals surface area (Å²) in [6, 6.07) is 86.9. The fourth-order valence-corrected chi connectivity index (χ4v) is 13.5. The molecule has 1 heterocycles. The zero-order valence-corrected chi connectivity index (χ0v) is 43.1. The lowest BCUT2D eigenvalue weighted by Gasteiger charge is -2.30. The normalized spacial score (nSPS) is 15.2. The predicted molar refractivity (Wildman–Crippen MR) is 317 cm³/mol. The van der Waals surface area contributed by atoms with Gasteiger partial charge in [0, 0.05) is 38.8 Å². The Labute approximate surface area is 442 Å². The minimum atomic E-state index is -0.130. The average molecular weight is 967 g/mol. The van der Waals surface area contributed by atoms with Gasteiger partial charge in [0.15, 0.2) is 0 Å². The van der Waals surface area contributed by atoms with Crippen LogP contribution in [0.3, 0.4) is 0 Å². The Hall–Kier alpha value is -8.20. The summed E-state index contributed by atoms with van der Waals surface area (Å²) in [5, 5.41) is 2.81. The Bertz CT molecular complexity index is 3810. The van der Waals surface area contributed by atoms with Crippen molar-refractivity contribution in [2.24, 2.45) is 0 Å². The molecular weight excluding hydrogens is 905 g/mol. The van der Waals surface area contributed by atoms with Crippen molar-refractivity contribution in [3.8, 4) is 61.3 Å². The van der Waals surface area contributed by atoms with Crippen molar-refractivity contribution < 1.29 is 0 Å². The zero-order chi connectivity index (χ0) is 50.0. The summed E-state index contributed by atoms with van der Waals surface area (Å²) in [5.74, 6) is 1.38. The van der Waals surface area contributed by atoms with Crippen molar-refractivity contribution in [3.05, 3.63) is 253 Å². The highest BCUT2D eigenvalue weighted by atomic mass is 15.1. The number of nitrogens with zero attached hydrogens (tertiary/aromatic N) is 2. The number of anilines is 3. The van der Waals surface area contributed by atoms with Gasteiger partial charge in [0.1, 0.15) is 0 Å². The highest BCUT2D eigenvalue weighted by Gasteiger charge is 2.36. The first kappa shape index (κ1) is 45.4. The smallest absolute Gasteiger partial charge is 0.0541 e. The van der Waals surface area contributed by atoms with Gasteiger partial charge in [-0.15, -0.1) is 0 Å². The number of hydrogen-bond donors (Lipinski definition) is 0. The summed E-state index contributed by atoms with van der Waals surface area (Å²) in [6.07, 6.45) is 10.7. The van der Waals surface area contributed by atoms with Crippen LogP contribution in [0, 0.1) is 0 Å². The first-order valence-corrected chi connectivity index (χ1v) is 27.6. The van der Waals surface area contributed by atoms with Crippen LogP contribution < -0.4 is 4.90 Å². The van der Waals surface area contributed by atoms with Crippen LogP contribution in [0.5, 0.6) is 0 Å². The second-order valence-electron chi connectivity index (χ2n) is 22.2. The van der Waals surface area contributed by atoms with E-state index < -0.39 is 0 Å². The second kappa shape index (κ2) is 18.6. The Kier molecular flexibility index (Phi) is 11.3. The summed E-state index contributed by atoms with van der Waals surface area (Å²) in [6.45, 7) is 4.74. The van der Waals surface area contributed by atoms with Crippen LogP contribution >= 0.6 is 0 Å². The van der Waals surface area contributed by atoms with Gasteiger partial charge in [0.25, 0.3) is 0 Å². The molecule has 10 aromatic carbocycles. The van der Waals surface area contributed by atoms with Crippen molar-refractivity contribution in [2.45, 2.75) is 82.5 Å². The van der Waals surface area contributed by atoms with Crippen LogP contribution in [0.15, 0.2) is 231 Å². The fourth-order valence-electron chi connectivity index (χ4n) is 13.5. The predicted octanol–water partition coefficient (Wildman–Crippen LogP) is 20.5. The molecule has 0 N–H and O–H groups in total. The molecule has 0 spiro atoms.